The minimum atomic E-state index is -4.51. The van der Waals surface area contributed by atoms with Gasteiger partial charge in [-0.3, -0.25) is 4.55 Å². The van der Waals surface area contributed by atoms with Gasteiger partial charge in [0.2, 0.25) is 0 Å². The molecule has 0 aromatic heterocycles. The van der Waals surface area contributed by atoms with E-state index in [1.807, 2.05) is 97.1 Å². The highest BCUT2D eigenvalue weighted by Crippen LogP contribution is 2.45. The van der Waals surface area contributed by atoms with E-state index >= 15 is 0 Å². The number of halogens is 1. The van der Waals surface area contributed by atoms with Crippen LogP contribution in [-0.2, 0) is 10.1 Å². The standard InChI is InChI=1S/C24H17BrO3S/c25-23-20(17-10-4-1-5-11-17)16-21(18-12-6-2-7-13-18)24(29(26,27)28)22(23)19-14-8-3-9-15-19/h1-16H,(H,26,27,28). The predicted molar refractivity (Wildman–Crippen MR) is 120 cm³/mol. The van der Waals surface area contributed by atoms with Gasteiger partial charge >= 0.3 is 0 Å². The van der Waals surface area contributed by atoms with Crippen molar-refractivity contribution in [2.24, 2.45) is 0 Å². The van der Waals surface area contributed by atoms with Crippen molar-refractivity contribution < 1.29 is 13.0 Å². The molecule has 0 aliphatic carbocycles. The van der Waals surface area contributed by atoms with E-state index < -0.39 is 10.1 Å². The first-order valence-corrected chi connectivity index (χ1v) is 11.2. The number of hydrogen-bond acceptors (Lipinski definition) is 2. The van der Waals surface area contributed by atoms with Crippen LogP contribution in [0, 0.1) is 0 Å². The molecule has 1 N–H and O–H groups in total. The van der Waals surface area contributed by atoms with Crippen molar-refractivity contribution in [2.75, 3.05) is 0 Å². The summed E-state index contributed by atoms with van der Waals surface area (Å²) in [6.07, 6.45) is 0. The molecule has 3 nitrogen and oxygen atoms in total. The first-order valence-electron chi connectivity index (χ1n) is 8.97. The van der Waals surface area contributed by atoms with Gasteiger partial charge < -0.3 is 0 Å². The van der Waals surface area contributed by atoms with Crippen LogP contribution in [0.25, 0.3) is 33.4 Å². The zero-order valence-electron chi connectivity index (χ0n) is 15.3. The molecule has 0 spiro atoms. The molecule has 0 atom stereocenters. The smallest absolute Gasteiger partial charge is 0.282 e. The summed E-state index contributed by atoms with van der Waals surface area (Å²) < 4.78 is 35.9. The Morgan fingerprint density at radius 2 is 1.03 bits per heavy atom. The Hall–Kier alpha value is -2.73. The van der Waals surface area contributed by atoms with E-state index in [2.05, 4.69) is 15.9 Å². The van der Waals surface area contributed by atoms with Crippen molar-refractivity contribution in [3.8, 4) is 33.4 Å². The third-order valence-corrected chi connectivity index (χ3v) is 6.47. The number of benzene rings is 4. The quantitative estimate of drug-likeness (QED) is 0.342. The van der Waals surface area contributed by atoms with Crippen LogP contribution in [0.2, 0.25) is 0 Å². The van der Waals surface area contributed by atoms with E-state index in [1.165, 1.54) is 0 Å². The van der Waals surface area contributed by atoms with Crippen LogP contribution in [0.3, 0.4) is 0 Å². The van der Waals surface area contributed by atoms with Gasteiger partial charge in [0.1, 0.15) is 4.90 Å². The minimum Gasteiger partial charge on any atom is -0.282 e. The third kappa shape index (κ3) is 3.90. The highest BCUT2D eigenvalue weighted by atomic mass is 79.9. The normalized spacial score (nSPS) is 11.4. The van der Waals surface area contributed by atoms with Crippen LogP contribution in [0.1, 0.15) is 0 Å². The fourth-order valence-electron chi connectivity index (χ4n) is 3.43. The molecular formula is C24H17BrO3S. The molecule has 4 rings (SSSR count). The Labute approximate surface area is 178 Å². The molecule has 0 saturated carbocycles. The lowest BCUT2D eigenvalue weighted by Gasteiger charge is -2.19. The maximum Gasteiger partial charge on any atom is 0.295 e. The molecule has 0 saturated heterocycles. The van der Waals surface area contributed by atoms with Crippen LogP contribution >= 0.6 is 15.9 Å². The van der Waals surface area contributed by atoms with Crippen molar-refractivity contribution >= 4 is 26.0 Å². The molecule has 0 unspecified atom stereocenters. The molecule has 0 aliphatic rings. The van der Waals surface area contributed by atoms with Crippen molar-refractivity contribution in [2.45, 2.75) is 4.90 Å². The molecule has 0 bridgehead atoms. The van der Waals surface area contributed by atoms with Gasteiger partial charge in [-0.2, -0.15) is 8.42 Å². The summed E-state index contributed by atoms with van der Waals surface area (Å²) >= 11 is 3.63. The van der Waals surface area contributed by atoms with Crippen molar-refractivity contribution in [3.05, 3.63) is 102 Å². The maximum atomic E-state index is 12.6. The zero-order valence-corrected chi connectivity index (χ0v) is 17.7. The van der Waals surface area contributed by atoms with Crippen LogP contribution in [0.5, 0.6) is 0 Å². The Bertz CT molecular complexity index is 1250. The second-order valence-corrected chi connectivity index (χ2v) is 8.71. The third-order valence-electron chi connectivity index (χ3n) is 4.71. The average molecular weight is 465 g/mol. The van der Waals surface area contributed by atoms with Gasteiger partial charge in [-0.15, -0.1) is 0 Å². The number of rotatable bonds is 4. The summed E-state index contributed by atoms with van der Waals surface area (Å²) in [4.78, 5) is -0.110. The van der Waals surface area contributed by atoms with Gasteiger partial charge in [0.15, 0.2) is 0 Å². The summed E-state index contributed by atoms with van der Waals surface area (Å²) in [6, 6.07) is 30.0. The lowest BCUT2D eigenvalue weighted by molar-refractivity contribution is 0.484. The fraction of sp³-hybridized carbons (Fsp3) is 0. The average Bonchev–Trinajstić information content (AvgIpc) is 2.74. The molecule has 4 aromatic rings. The van der Waals surface area contributed by atoms with E-state index in [9.17, 15) is 13.0 Å². The van der Waals surface area contributed by atoms with Crippen molar-refractivity contribution in [1.82, 2.24) is 0 Å². The Balaban J connectivity index is 2.18. The lowest BCUT2D eigenvalue weighted by Crippen LogP contribution is -2.05. The van der Waals surface area contributed by atoms with Crippen molar-refractivity contribution in [1.29, 1.82) is 0 Å². The van der Waals surface area contributed by atoms with Gasteiger partial charge in [-0.25, -0.2) is 0 Å². The van der Waals surface area contributed by atoms with Gasteiger partial charge in [0, 0.05) is 15.6 Å². The largest absolute Gasteiger partial charge is 0.295 e. The molecule has 0 amide bonds. The van der Waals surface area contributed by atoms with Crippen molar-refractivity contribution in [3.63, 3.8) is 0 Å². The molecule has 0 fully saturated rings. The van der Waals surface area contributed by atoms with Crippen LogP contribution in [-0.4, -0.2) is 13.0 Å². The van der Waals surface area contributed by atoms with E-state index in [0.29, 0.717) is 26.7 Å². The molecule has 0 radical (unpaired) electrons. The van der Waals surface area contributed by atoms with Gasteiger partial charge in [-0.05, 0) is 44.3 Å². The first-order chi connectivity index (χ1) is 14.0. The van der Waals surface area contributed by atoms with E-state index in [4.69, 9.17) is 0 Å². The fourth-order valence-corrected chi connectivity index (χ4v) is 5.27. The molecule has 0 heterocycles. The van der Waals surface area contributed by atoms with Gasteiger partial charge in [-0.1, -0.05) is 91.0 Å². The van der Waals surface area contributed by atoms with Crippen LogP contribution in [0.4, 0.5) is 0 Å². The summed E-state index contributed by atoms with van der Waals surface area (Å²) in [5.41, 5.74) is 4.08. The van der Waals surface area contributed by atoms with E-state index in [-0.39, 0.29) is 4.90 Å². The highest BCUT2D eigenvalue weighted by molar-refractivity contribution is 9.10. The second-order valence-electron chi connectivity index (χ2n) is 6.56. The number of hydrogen-bond donors (Lipinski definition) is 1. The molecule has 29 heavy (non-hydrogen) atoms. The molecule has 5 heteroatoms. The summed E-state index contributed by atoms with van der Waals surface area (Å²) in [5, 5.41) is 0. The zero-order chi connectivity index (χ0) is 20.4. The summed E-state index contributed by atoms with van der Waals surface area (Å²) in [7, 11) is -4.51. The maximum absolute atomic E-state index is 12.6. The molecule has 0 aliphatic heterocycles. The van der Waals surface area contributed by atoms with Crippen LogP contribution in [0.15, 0.2) is 106 Å². The molecule has 144 valence electrons. The SMILES string of the molecule is O=S(=O)(O)c1c(-c2ccccc2)cc(-c2ccccc2)c(Br)c1-c1ccccc1. The Kier molecular flexibility index (Phi) is 5.37. The summed E-state index contributed by atoms with van der Waals surface area (Å²) in [6.45, 7) is 0. The first kappa shape index (κ1) is 19.6. The molecule has 4 aromatic carbocycles. The minimum absolute atomic E-state index is 0.110. The molecular weight excluding hydrogens is 448 g/mol. The van der Waals surface area contributed by atoms with E-state index in [0.717, 1.165) is 11.1 Å². The second kappa shape index (κ2) is 7.95. The van der Waals surface area contributed by atoms with Crippen LogP contribution < -0.4 is 0 Å². The predicted octanol–water partition coefficient (Wildman–Crippen LogP) is 6.70. The summed E-state index contributed by atoms with van der Waals surface area (Å²) in [5.74, 6) is 0. The Morgan fingerprint density at radius 3 is 1.48 bits per heavy atom. The lowest BCUT2D eigenvalue weighted by atomic mass is 9.93. The topological polar surface area (TPSA) is 54.4 Å². The monoisotopic (exact) mass is 464 g/mol. The Morgan fingerprint density at radius 1 is 0.621 bits per heavy atom. The highest BCUT2D eigenvalue weighted by Gasteiger charge is 2.27. The van der Waals surface area contributed by atoms with Gasteiger partial charge in [0.25, 0.3) is 10.1 Å². The van der Waals surface area contributed by atoms with Gasteiger partial charge in [0.05, 0.1) is 0 Å². The van der Waals surface area contributed by atoms with E-state index in [1.54, 1.807) is 0 Å².